The van der Waals surface area contributed by atoms with Gasteiger partial charge in [-0.15, -0.1) is 0 Å². The summed E-state index contributed by atoms with van der Waals surface area (Å²) in [7, 11) is 0. The van der Waals surface area contributed by atoms with Gasteiger partial charge < -0.3 is 9.80 Å². The van der Waals surface area contributed by atoms with Crippen LogP contribution in [0.4, 0.5) is 34.1 Å². The molecule has 0 radical (unpaired) electrons. The summed E-state index contributed by atoms with van der Waals surface area (Å²) < 4.78 is 0. The lowest BCUT2D eigenvalue weighted by Gasteiger charge is -2.44. The lowest BCUT2D eigenvalue weighted by atomic mass is 9.77. The quantitative estimate of drug-likeness (QED) is 0.157. The zero-order chi connectivity index (χ0) is 36.9. The molecule has 0 amide bonds. The van der Waals surface area contributed by atoms with Crippen LogP contribution in [0.1, 0.15) is 150 Å². The Bertz CT molecular complexity index is 2170. The maximum Gasteiger partial charge on any atom is 0.0532 e. The second kappa shape index (κ2) is 10.6. The van der Waals surface area contributed by atoms with Crippen LogP contribution in [0.5, 0.6) is 0 Å². The summed E-state index contributed by atoms with van der Waals surface area (Å²) in [6.07, 6.45) is 3.87. The Hall–Kier alpha value is -4.30. The van der Waals surface area contributed by atoms with Crippen LogP contribution in [0.3, 0.4) is 0 Å². The van der Waals surface area contributed by atoms with Crippen LogP contribution in [0.2, 0.25) is 0 Å². The molecular formula is C50H56N2. The van der Waals surface area contributed by atoms with Crippen molar-refractivity contribution >= 4 is 34.1 Å². The Morgan fingerprint density at radius 2 is 0.577 bits per heavy atom. The fraction of sp³-hybridized carbons (Fsp3) is 0.400. The van der Waals surface area contributed by atoms with E-state index in [1.807, 2.05) is 0 Å². The van der Waals surface area contributed by atoms with Crippen molar-refractivity contribution in [1.82, 2.24) is 0 Å². The van der Waals surface area contributed by atoms with Gasteiger partial charge in [0, 0.05) is 37.1 Å². The molecule has 52 heavy (non-hydrogen) atoms. The van der Waals surface area contributed by atoms with Crippen LogP contribution in [-0.4, -0.2) is 0 Å². The molecule has 4 heterocycles. The molecule has 2 nitrogen and oxygen atoms in total. The van der Waals surface area contributed by atoms with Crippen molar-refractivity contribution < 1.29 is 0 Å². The first-order chi connectivity index (χ1) is 24.3. The fourth-order valence-electron chi connectivity index (χ4n) is 9.25. The summed E-state index contributed by atoms with van der Waals surface area (Å²) in [5.41, 5.74) is 25.9. The standard InChI is InChI=1S/C50H56N2/c1-47(2,3)37-13-15-41-29(21-37)17-33-23-39(49(7,8)9)25-35-19-31-28-44-32(27-43(31)51(41)45(33)35)20-36-26-40(50(10,11)12)24-34-18-30-22-38(48(4,5)6)14-16-42(30)52(44)46(34)36/h13-16,21-28H,17-20H2,1-12H3. The predicted molar refractivity (Wildman–Crippen MR) is 222 cm³/mol. The van der Waals surface area contributed by atoms with E-state index in [9.17, 15) is 0 Å². The molecule has 5 aromatic carbocycles. The first kappa shape index (κ1) is 33.5. The summed E-state index contributed by atoms with van der Waals surface area (Å²) >= 11 is 0. The molecule has 4 aliphatic rings. The molecule has 2 heteroatoms. The third-order valence-corrected chi connectivity index (χ3v) is 12.4. The minimum absolute atomic E-state index is 0.0788. The SMILES string of the molecule is CC(C)(C)c1ccc2c(c1)Cc1cc(C(C)(C)C)cc3c1N2c1cc2c(cc1C3)N1c3ccc(C(C)(C)C)cc3Cc3cc(C(C)(C)C)cc(c31)C2. The Labute approximate surface area is 312 Å². The number of rotatable bonds is 0. The van der Waals surface area contributed by atoms with Gasteiger partial charge in [0.2, 0.25) is 0 Å². The number of anilines is 6. The van der Waals surface area contributed by atoms with Crippen LogP contribution in [0, 0.1) is 0 Å². The van der Waals surface area contributed by atoms with Gasteiger partial charge in [0.1, 0.15) is 0 Å². The van der Waals surface area contributed by atoms with Gasteiger partial charge in [0.25, 0.3) is 0 Å². The minimum atomic E-state index is 0.0788. The van der Waals surface area contributed by atoms with Crippen molar-refractivity contribution in [2.75, 3.05) is 9.80 Å². The zero-order valence-electron chi connectivity index (χ0n) is 33.7. The first-order valence-electron chi connectivity index (χ1n) is 19.6. The van der Waals surface area contributed by atoms with Crippen LogP contribution < -0.4 is 9.80 Å². The van der Waals surface area contributed by atoms with E-state index in [1.54, 1.807) is 0 Å². The number of nitrogens with zero attached hydrogens (tertiary/aromatic N) is 2. The maximum atomic E-state index is 2.65. The van der Waals surface area contributed by atoms with E-state index in [4.69, 9.17) is 0 Å². The Balaban J connectivity index is 1.28. The predicted octanol–water partition coefficient (Wildman–Crippen LogP) is 13.4. The lowest BCUT2D eigenvalue weighted by Crippen LogP contribution is -2.29. The molecule has 0 saturated carbocycles. The van der Waals surface area contributed by atoms with Gasteiger partial charge in [-0.2, -0.15) is 0 Å². The summed E-state index contributed by atoms with van der Waals surface area (Å²) in [5.74, 6) is 0. The molecule has 0 saturated heterocycles. The average molecular weight is 685 g/mol. The molecule has 0 N–H and O–H groups in total. The minimum Gasteiger partial charge on any atom is -0.309 e. The highest BCUT2D eigenvalue weighted by Gasteiger charge is 2.38. The van der Waals surface area contributed by atoms with Gasteiger partial charge >= 0.3 is 0 Å². The summed E-state index contributed by atoms with van der Waals surface area (Å²) in [4.78, 5) is 5.29. The molecule has 0 unspecified atom stereocenters. The third kappa shape index (κ3) is 5.11. The largest absolute Gasteiger partial charge is 0.309 e. The van der Waals surface area contributed by atoms with E-state index in [0.29, 0.717) is 0 Å². The van der Waals surface area contributed by atoms with E-state index in [1.165, 1.54) is 101 Å². The molecule has 0 fully saturated rings. The van der Waals surface area contributed by atoms with Crippen molar-refractivity contribution in [3.8, 4) is 0 Å². The number of hydrogen-bond acceptors (Lipinski definition) is 2. The second-order valence-corrected chi connectivity index (χ2v) is 20.5. The van der Waals surface area contributed by atoms with Gasteiger partial charge in [-0.05, 0) is 113 Å². The fourth-order valence-corrected chi connectivity index (χ4v) is 9.25. The van der Waals surface area contributed by atoms with Gasteiger partial charge in [-0.25, -0.2) is 0 Å². The Morgan fingerprint density at radius 3 is 0.865 bits per heavy atom. The number of hydrogen-bond donors (Lipinski definition) is 0. The molecule has 0 bridgehead atoms. The highest BCUT2D eigenvalue weighted by molar-refractivity contribution is 5.95. The molecule has 0 atom stereocenters. The highest BCUT2D eigenvalue weighted by Crippen LogP contribution is 2.57. The maximum absolute atomic E-state index is 2.65. The first-order valence-corrected chi connectivity index (χ1v) is 19.6. The second-order valence-electron chi connectivity index (χ2n) is 20.5. The van der Waals surface area contributed by atoms with Crippen molar-refractivity contribution in [2.45, 2.75) is 130 Å². The van der Waals surface area contributed by atoms with Crippen molar-refractivity contribution in [3.63, 3.8) is 0 Å². The lowest BCUT2D eigenvalue weighted by molar-refractivity contribution is 0.587. The zero-order valence-corrected chi connectivity index (χ0v) is 33.7. The molecule has 9 rings (SSSR count). The van der Waals surface area contributed by atoms with Crippen LogP contribution in [0.25, 0.3) is 0 Å². The van der Waals surface area contributed by atoms with E-state index < -0.39 is 0 Å². The topological polar surface area (TPSA) is 6.48 Å². The Morgan fingerprint density at radius 1 is 0.308 bits per heavy atom. The summed E-state index contributed by atoms with van der Waals surface area (Å²) in [6.45, 7) is 28.2. The number of benzene rings is 5. The molecular weight excluding hydrogens is 629 g/mol. The van der Waals surface area contributed by atoms with E-state index in [-0.39, 0.29) is 21.7 Å². The van der Waals surface area contributed by atoms with Gasteiger partial charge in [-0.3, -0.25) is 0 Å². The van der Waals surface area contributed by atoms with Crippen molar-refractivity contribution in [1.29, 1.82) is 0 Å². The Kier molecular flexibility index (Phi) is 6.87. The molecule has 5 aromatic rings. The molecule has 266 valence electrons. The van der Waals surface area contributed by atoms with E-state index in [2.05, 4.69) is 166 Å². The highest BCUT2D eigenvalue weighted by atomic mass is 15.2. The third-order valence-electron chi connectivity index (χ3n) is 12.4. The van der Waals surface area contributed by atoms with E-state index >= 15 is 0 Å². The summed E-state index contributed by atoms with van der Waals surface area (Å²) in [5, 5.41) is 0. The molecule has 0 spiro atoms. The summed E-state index contributed by atoms with van der Waals surface area (Å²) in [6, 6.07) is 29.8. The van der Waals surface area contributed by atoms with Crippen molar-refractivity contribution in [3.05, 3.63) is 140 Å². The molecule has 4 aliphatic heterocycles. The van der Waals surface area contributed by atoms with Gasteiger partial charge in [-0.1, -0.05) is 132 Å². The van der Waals surface area contributed by atoms with Crippen LogP contribution in [0.15, 0.2) is 72.8 Å². The monoisotopic (exact) mass is 684 g/mol. The van der Waals surface area contributed by atoms with Gasteiger partial charge in [0.15, 0.2) is 0 Å². The smallest absolute Gasteiger partial charge is 0.0532 e. The van der Waals surface area contributed by atoms with Crippen LogP contribution in [-0.2, 0) is 47.3 Å². The number of fused-ring (bicyclic) bond motifs is 8. The van der Waals surface area contributed by atoms with E-state index in [0.717, 1.165) is 25.7 Å². The van der Waals surface area contributed by atoms with Crippen molar-refractivity contribution in [2.24, 2.45) is 0 Å². The van der Waals surface area contributed by atoms with Crippen LogP contribution >= 0.6 is 0 Å². The normalized spacial score (nSPS) is 15.7. The molecule has 0 aliphatic carbocycles. The average Bonchev–Trinajstić information content (AvgIpc) is 3.04. The molecule has 0 aromatic heterocycles. The van der Waals surface area contributed by atoms with Gasteiger partial charge in [0.05, 0.1) is 22.7 Å².